The number of carbonyl (C=O) groups is 1. The van der Waals surface area contributed by atoms with E-state index >= 15 is 0 Å². The molecule has 0 aromatic rings. The van der Waals surface area contributed by atoms with Crippen LogP contribution in [0.1, 0.15) is 13.8 Å². The van der Waals surface area contributed by atoms with Gasteiger partial charge in [0.05, 0.1) is 12.4 Å². The normalized spacial score (nSPS) is 13.4. The first-order chi connectivity index (χ1) is 7.86. The van der Waals surface area contributed by atoms with E-state index < -0.39 is 21.6 Å². The molecule has 0 aliphatic rings. The number of carbonyl (C=O) groups excluding carboxylic acids is 1. The molecule has 0 heterocycles. The summed E-state index contributed by atoms with van der Waals surface area (Å²) >= 11 is 0. The minimum Gasteiger partial charge on any atom is -0.383 e. The fraction of sp³-hybridized carbons (Fsp3) is 0.900. The van der Waals surface area contributed by atoms with E-state index in [1.807, 2.05) is 13.8 Å². The Morgan fingerprint density at radius 1 is 1.35 bits per heavy atom. The maximum absolute atomic E-state index is 11.7. The number of rotatable bonds is 8. The summed E-state index contributed by atoms with van der Waals surface area (Å²) in [7, 11) is -2.01. The monoisotopic (exact) mass is 266 g/mol. The Morgan fingerprint density at radius 3 is 2.29 bits per heavy atom. The quantitative estimate of drug-likeness (QED) is 0.624. The Kier molecular flexibility index (Phi) is 7.33. The SMILES string of the molecule is CCN(CC)C(=O)CS(=O)(=O)CC(N)COC. The van der Waals surface area contributed by atoms with E-state index in [4.69, 9.17) is 10.5 Å². The highest BCUT2D eigenvalue weighted by Gasteiger charge is 2.22. The first-order valence-corrected chi connectivity index (χ1v) is 7.41. The molecule has 0 aromatic heterocycles. The molecule has 0 rings (SSSR count). The van der Waals surface area contributed by atoms with Crippen molar-refractivity contribution < 1.29 is 17.9 Å². The molecule has 17 heavy (non-hydrogen) atoms. The van der Waals surface area contributed by atoms with E-state index in [-0.39, 0.29) is 18.3 Å². The Hall–Kier alpha value is -0.660. The van der Waals surface area contributed by atoms with Crippen LogP contribution in [-0.2, 0) is 19.4 Å². The van der Waals surface area contributed by atoms with Crippen LogP contribution < -0.4 is 5.73 Å². The summed E-state index contributed by atoms with van der Waals surface area (Å²) in [5.74, 6) is -1.08. The number of nitrogens with zero attached hydrogens (tertiary/aromatic N) is 1. The van der Waals surface area contributed by atoms with Gasteiger partial charge < -0.3 is 15.4 Å². The average molecular weight is 266 g/mol. The molecule has 2 N–H and O–H groups in total. The van der Waals surface area contributed by atoms with Crippen LogP contribution in [0.5, 0.6) is 0 Å². The van der Waals surface area contributed by atoms with Gasteiger partial charge in [0.2, 0.25) is 5.91 Å². The van der Waals surface area contributed by atoms with Gasteiger partial charge in [-0.2, -0.15) is 0 Å². The molecule has 1 unspecified atom stereocenters. The Morgan fingerprint density at radius 2 is 1.88 bits per heavy atom. The molecule has 0 saturated heterocycles. The van der Waals surface area contributed by atoms with Gasteiger partial charge in [-0.15, -0.1) is 0 Å². The van der Waals surface area contributed by atoms with Gasteiger partial charge in [0.15, 0.2) is 9.84 Å². The van der Waals surface area contributed by atoms with Gasteiger partial charge in [0.25, 0.3) is 0 Å². The lowest BCUT2D eigenvalue weighted by Gasteiger charge is -2.19. The summed E-state index contributed by atoms with van der Waals surface area (Å²) in [6.07, 6.45) is 0. The molecule has 7 heteroatoms. The van der Waals surface area contributed by atoms with Crippen molar-refractivity contribution in [3.8, 4) is 0 Å². The zero-order chi connectivity index (χ0) is 13.5. The Labute approximate surface area is 103 Å². The lowest BCUT2D eigenvalue weighted by molar-refractivity contribution is -0.128. The van der Waals surface area contributed by atoms with Crippen LogP contribution in [0.25, 0.3) is 0 Å². The number of hydrogen-bond donors (Lipinski definition) is 1. The van der Waals surface area contributed by atoms with Crippen LogP contribution in [0, 0.1) is 0 Å². The molecule has 0 spiro atoms. The van der Waals surface area contributed by atoms with Gasteiger partial charge in [-0.25, -0.2) is 8.42 Å². The average Bonchev–Trinajstić information content (AvgIpc) is 2.17. The molecule has 0 aliphatic carbocycles. The van der Waals surface area contributed by atoms with Crippen LogP contribution in [0.15, 0.2) is 0 Å². The molecule has 0 saturated carbocycles. The van der Waals surface area contributed by atoms with Crippen molar-refractivity contribution in [2.45, 2.75) is 19.9 Å². The molecule has 0 fully saturated rings. The number of ether oxygens (including phenoxy) is 1. The number of amides is 1. The fourth-order valence-corrected chi connectivity index (χ4v) is 2.93. The van der Waals surface area contributed by atoms with E-state index in [2.05, 4.69) is 0 Å². The van der Waals surface area contributed by atoms with Crippen molar-refractivity contribution in [3.63, 3.8) is 0 Å². The van der Waals surface area contributed by atoms with Crippen molar-refractivity contribution in [2.75, 3.05) is 38.3 Å². The van der Waals surface area contributed by atoms with Gasteiger partial charge in [0, 0.05) is 26.2 Å². The summed E-state index contributed by atoms with van der Waals surface area (Å²) in [6, 6.07) is -0.588. The predicted molar refractivity (Wildman–Crippen MR) is 66.4 cm³/mol. The van der Waals surface area contributed by atoms with Crippen LogP contribution >= 0.6 is 0 Å². The summed E-state index contributed by atoms with van der Waals surface area (Å²) in [5.41, 5.74) is 5.56. The minimum atomic E-state index is -3.46. The third kappa shape index (κ3) is 6.60. The molecule has 0 aromatic carbocycles. The molecule has 1 amide bonds. The molecular weight excluding hydrogens is 244 g/mol. The van der Waals surface area contributed by atoms with E-state index in [1.165, 1.54) is 12.0 Å². The van der Waals surface area contributed by atoms with Gasteiger partial charge in [-0.05, 0) is 13.8 Å². The zero-order valence-corrected chi connectivity index (χ0v) is 11.5. The summed E-state index contributed by atoms with van der Waals surface area (Å²) in [4.78, 5) is 13.1. The lowest BCUT2D eigenvalue weighted by atomic mass is 10.4. The zero-order valence-electron chi connectivity index (χ0n) is 10.7. The molecule has 0 aliphatic heterocycles. The van der Waals surface area contributed by atoms with Crippen LogP contribution in [0.2, 0.25) is 0 Å². The first kappa shape index (κ1) is 16.3. The number of hydrogen-bond acceptors (Lipinski definition) is 5. The molecule has 102 valence electrons. The second-order valence-corrected chi connectivity index (χ2v) is 5.95. The fourth-order valence-electron chi connectivity index (χ4n) is 1.50. The van der Waals surface area contributed by atoms with E-state index in [0.717, 1.165) is 0 Å². The van der Waals surface area contributed by atoms with Crippen molar-refractivity contribution in [3.05, 3.63) is 0 Å². The Balaban J connectivity index is 4.39. The molecule has 0 bridgehead atoms. The highest BCUT2D eigenvalue weighted by Crippen LogP contribution is 1.98. The van der Waals surface area contributed by atoms with Gasteiger partial charge in [0.1, 0.15) is 5.75 Å². The molecule has 0 radical (unpaired) electrons. The second kappa shape index (κ2) is 7.62. The van der Waals surface area contributed by atoms with E-state index in [9.17, 15) is 13.2 Å². The third-order valence-corrected chi connectivity index (χ3v) is 3.93. The molecular formula is C10H22N2O4S. The van der Waals surface area contributed by atoms with Crippen LogP contribution in [0.4, 0.5) is 0 Å². The Bertz CT molecular complexity index is 325. The second-order valence-electron chi connectivity index (χ2n) is 3.84. The summed E-state index contributed by atoms with van der Waals surface area (Å²) in [6.45, 7) is 4.80. The standard InChI is InChI=1S/C10H22N2O4S/c1-4-12(5-2)10(13)8-17(14,15)7-9(11)6-16-3/h9H,4-8,11H2,1-3H3. The number of sulfone groups is 1. The van der Waals surface area contributed by atoms with Crippen molar-refractivity contribution in [2.24, 2.45) is 5.73 Å². The smallest absolute Gasteiger partial charge is 0.237 e. The van der Waals surface area contributed by atoms with E-state index in [0.29, 0.717) is 13.1 Å². The van der Waals surface area contributed by atoms with Crippen LogP contribution in [0.3, 0.4) is 0 Å². The first-order valence-electron chi connectivity index (χ1n) is 5.59. The number of methoxy groups -OCH3 is 1. The highest BCUT2D eigenvalue weighted by atomic mass is 32.2. The van der Waals surface area contributed by atoms with Crippen molar-refractivity contribution in [1.82, 2.24) is 4.90 Å². The minimum absolute atomic E-state index is 0.165. The molecule has 6 nitrogen and oxygen atoms in total. The molecule has 1 atom stereocenters. The topological polar surface area (TPSA) is 89.7 Å². The lowest BCUT2D eigenvalue weighted by Crippen LogP contribution is -2.40. The third-order valence-electron chi connectivity index (χ3n) is 2.31. The predicted octanol–water partition coefficient (Wildman–Crippen LogP) is -0.757. The summed E-state index contributed by atoms with van der Waals surface area (Å²) in [5, 5.41) is 0. The van der Waals surface area contributed by atoms with Crippen LogP contribution in [-0.4, -0.2) is 63.6 Å². The largest absolute Gasteiger partial charge is 0.383 e. The van der Waals surface area contributed by atoms with Gasteiger partial charge >= 0.3 is 0 Å². The van der Waals surface area contributed by atoms with Gasteiger partial charge in [-0.1, -0.05) is 0 Å². The van der Waals surface area contributed by atoms with Gasteiger partial charge in [-0.3, -0.25) is 4.79 Å². The van der Waals surface area contributed by atoms with Crippen molar-refractivity contribution >= 4 is 15.7 Å². The highest BCUT2D eigenvalue weighted by molar-refractivity contribution is 7.92. The summed E-state index contributed by atoms with van der Waals surface area (Å²) < 4.78 is 28.1. The maximum atomic E-state index is 11.7. The van der Waals surface area contributed by atoms with Crippen molar-refractivity contribution in [1.29, 1.82) is 0 Å². The number of nitrogens with two attached hydrogens (primary N) is 1. The maximum Gasteiger partial charge on any atom is 0.237 e. The van der Waals surface area contributed by atoms with E-state index in [1.54, 1.807) is 0 Å².